The highest BCUT2D eigenvalue weighted by atomic mass is 16.3. The van der Waals surface area contributed by atoms with Gasteiger partial charge in [0.25, 0.3) is 0 Å². The Morgan fingerprint density at radius 2 is 2.03 bits per heavy atom. The molecule has 0 heterocycles. The van der Waals surface area contributed by atoms with Crippen LogP contribution in [0.5, 0.6) is 0 Å². The van der Waals surface area contributed by atoms with E-state index in [9.17, 15) is 15.3 Å². The molecule has 166 valence electrons. The van der Waals surface area contributed by atoms with E-state index < -0.39 is 12.2 Å². The summed E-state index contributed by atoms with van der Waals surface area (Å²) in [5, 5.41) is 29.3. The predicted molar refractivity (Wildman–Crippen MR) is 124 cm³/mol. The van der Waals surface area contributed by atoms with Gasteiger partial charge in [-0.2, -0.15) is 0 Å². The number of fused-ring (bicyclic) bond motifs is 1. The van der Waals surface area contributed by atoms with E-state index in [0.29, 0.717) is 36.0 Å². The minimum Gasteiger partial charge on any atom is -0.393 e. The van der Waals surface area contributed by atoms with Crippen molar-refractivity contribution in [2.24, 2.45) is 23.2 Å². The van der Waals surface area contributed by atoms with Gasteiger partial charge in [-0.1, -0.05) is 56.4 Å². The highest BCUT2D eigenvalue weighted by molar-refractivity contribution is 5.38. The van der Waals surface area contributed by atoms with Gasteiger partial charge in [-0.15, -0.1) is 0 Å². The summed E-state index contributed by atoms with van der Waals surface area (Å²) in [6.45, 7) is 10.9. The maximum Gasteiger partial charge on any atom is 0.0811 e. The third-order valence-electron chi connectivity index (χ3n) is 7.98. The van der Waals surface area contributed by atoms with E-state index in [1.807, 2.05) is 13.0 Å². The molecule has 0 aromatic carbocycles. The van der Waals surface area contributed by atoms with E-state index in [2.05, 4.69) is 44.7 Å². The molecule has 3 aliphatic carbocycles. The third kappa shape index (κ3) is 4.90. The molecule has 0 aromatic heterocycles. The fraction of sp³-hybridized carbons (Fsp3) is 0.630. The van der Waals surface area contributed by atoms with E-state index in [1.165, 1.54) is 31.3 Å². The van der Waals surface area contributed by atoms with E-state index >= 15 is 0 Å². The Kier molecular flexibility index (Phi) is 7.60. The van der Waals surface area contributed by atoms with Crippen LogP contribution in [0.3, 0.4) is 0 Å². The van der Waals surface area contributed by atoms with Crippen LogP contribution in [-0.2, 0) is 0 Å². The molecule has 0 saturated heterocycles. The Morgan fingerprint density at radius 1 is 1.27 bits per heavy atom. The Bertz CT molecular complexity index is 756. The van der Waals surface area contributed by atoms with Gasteiger partial charge in [0.1, 0.15) is 0 Å². The van der Waals surface area contributed by atoms with Gasteiger partial charge in [-0.05, 0) is 85.3 Å². The maximum atomic E-state index is 10.1. The van der Waals surface area contributed by atoms with Crippen molar-refractivity contribution in [2.75, 3.05) is 6.61 Å². The maximum absolute atomic E-state index is 10.1. The first-order valence-corrected chi connectivity index (χ1v) is 11.7. The van der Waals surface area contributed by atoms with Crippen molar-refractivity contribution in [3.8, 4) is 0 Å². The second kappa shape index (κ2) is 9.80. The van der Waals surface area contributed by atoms with Crippen LogP contribution in [0.2, 0.25) is 0 Å². The molecule has 3 fully saturated rings. The Hall–Kier alpha value is -1.42. The lowest BCUT2D eigenvalue weighted by Crippen LogP contribution is -2.35. The van der Waals surface area contributed by atoms with Crippen LogP contribution in [0.15, 0.2) is 59.3 Å². The average molecular weight is 413 g/mol. The zero-order valence-electron chi connectivity index (χ0n) is 19.0. The number of rotatable bonds is 5. The predicted octanol–water partition coefficient (Wildman–Crippen LogP) is 5.26. The molecule has 0 bridgehead atoms. The lowest BCUT2D eigenvalue weighted by atomic mass is 9.61. The molecule has 0 spiro atoms. The number of hydrogen-bond acceptors (Lipinski definition) is 3. The van der Waals surface area contributed by atoms with Crippen molar-refractivity contribution in [2.45, 2.75) is 77.9 Å². The third-order valence-corrected chi connectivity index (χ3v) is 7.98. The SMILES string of the molecule is C=C1/C(=C\C=C2/CCC[C@]3(C)[C@@H]([C@H](C)/C=C/C=C(/C)CO)CC[C@@H]23)C[C@@H](O)C[C@@H]1O. The molecule has 30 heavy (non-hydrogen) atoms. The van der Waals surface area contributed by atoms with E-state index in [0.717, 1.165) is 23.1 Å². The fourth-order valence-electron chi connectivity index (χ4n) is 6.19. The largest absolute Gasteiger partial charge is 0.393 e. The van der Waals surface area contributed by atoms with E-state index in [4.69, 9.17) is 0 Å². The minimum absolute atomic E-state index is 0.117. The average Bonchev–Trinajstić information content (AvgIpc) is 3.06. The Labute approximate surface area is 182 Å². The fourth-order valence-corrected chi connectivity index (χ4v) is 6.19. The van der Waals surface area contributed by atoms with Crippen LogP contribution in [0.25, 0.3) is 0 Å². The van der Waals surface area contributed by atoms with Crippen molar-refractivity contribution in [1.29, 1.82) is 0 Å². The summed E-state index contributed by atoms with van der Waals surface area (Å²) in [6.07, 6.45) is 16.9. The highest BCUT2D eigenvalue weighted by Crippen LogP contribution is 2.59. The first kappa shape index (κ1) is 23.2. The number of allylic oxidation sites excluding steroid dienone is 6. The van der Waals surface area contributed by atoms with Gasteiger partial charge in [0.2, 0.25) is 0 Å². The lowest BCUT2D eigenvalue weighted by molar-refractivity contribution is 0.0862. The van der Waals surface area contributed by atoms with Crippen molar-refractivity contribution in [3.05, 3.63) is 59.3 Å². The monoisotopic (exact) mass is 412 g/mol. The van der Waals surface area contributed by atoms with Crippen LogP contribution in [0.1, 0.15) is 65.7 Å². The molecule has 0 aliphatic heterocycles. The highest BCUT2D eigenvalue weighted by Gasteiger charge is 2.50. The molecule has 0 amide bonds. The first-order chi connectivity index (χ1) is 14.3. The lowest BCUT2D eigenvalue weighted by Gasteiger charge is -2.44. The summed E-state index contributed by atoms with van der Waals surface area (Å²) in [5.41, 5.74) is 4.62. The molecule has 3 saturated carbocycles. The molecule has 6 atom stereocenters. The molecule has 3 rings (SSSR count). The van der Waals surface area contributed by atoms with Crippen molar-refractivity contribution >= 4 is 0 Å². The smallest absolute Gasteiger partial charge is 0.0811 e. The van der Waals surface area contributed by atoms with Crippen molar-refractivity contribution < 1.29 is 15.3 Å². The van der Waals surface area contributed by atoms with Gasteiger partial charge in [0, 0.05) is 6.42 Å². The molecule has 3 N–H and O–H groups in total. The Balaban J connectivity index is 1.76. The standard InChI is InChI=1S/C27H40O3/c1-18(17-28)7-5-8-19(2)24-12-13-25-21(9-6-14-27(24,25)4)10-11-22-15-23(29)16-26(30)20(22)3/h5,7-8,10-11,19,23-26,28-30H,3,6,9,12-17H2,1-2,4H3/b8-5+,18-7-,21-10+,22-11-/t19-,23-,24-,25+,26+,27-/m1/s1. The van der Waals surface area contributed by atoms with Crippen LogP contribution in [-0.4, -0.2) is 34.1 Å². The van der Waals surface area contributed by atoms with Gasteiger partial charge in [0.15, 0.2) is 0 Å². The molecular formula is C27H40O3. The van der Waals surface area contributed by atoms with Crippen molar-refractivity contribution in [1.82, 2.24) is 0 Å². The van der Waals surface area contributed by atoms with Gasteiger partial charge in [-0.3, -0.25) is 0 Å². The molecule has 3 aliphatic rings. The Morgan fingerprint density at radius 3 is 2.77 bits per heavy atom. The molecule has 0 aromatic rings. The molecule has 0 unspecified atom stereocenters. The number of aliphatic hydroxyl groups excluding tert-OH is 3. The zero-order chi connectivity index (χ0) is 21.9. The van der Waals surface area contributed by atoms with Gasteiger partial charge < -0.3 is 15.3 Å². The molecule has 0 radical (unpaired) electrons. The zero-order valence-corrected chi connectivity index (χ0v) is 19.0. The van der Waals surface area contributed by atoms with Gasteiger partial charge >= 0.3 is 0 Å². The summed E-state index contributed by atoms with van der Waals surface area (Å²) in [5.74, 6) is 1.81. The number of aliphatic hydroxyl groups is 3. The first-order valence-electron chi connectivity index (χ1n) is 11.7. The van der Waals surface area contributed by atoms with E-state index in [1.54, 1.807) is 0 Å². The summed E-state index contributed by atoms with van der Waals surface area (Å²) >= 11 is 0. The topological polar surface area (TPSA) is 60.7 Å². The summed E-state index contributed by atoms with van der Waals surface area (Å²) in [7, 11) is 0. The van der Waals surface area contributed by atoms with Gasteiger partial charge in [-0.25, -0.2) is 0 Å². The summed E-state index contributed by atoms with van der Waals surface area (Å²) in [4.78, 5) is 0. The summed E-state index contributed by atoms with van der Waals surface area (Å²) in [6, 6.07) is 0. The van der Waals surface area contributed by atoms with E-state index in [-0.39, 0.29) is 6.61 Å². The van der Waals surface area contributed by atoms with Crippen LogP contribution < -0.4 is 0 Å². The normalized spacial score (nSPS) is 39.1. The number of hydrogen-bond donors (Lipinski definition) is 3. The second-order valence-electron chi connectivity index (χ2n) is 10.1. The van der Waals surface area contributed by atoms with Gasteiger partial charge in [0.05, 0.1) is 18.8 Å². The van der Waals surface area contributed by atoms with Crippen molar-refractivity contribution in [3.63, 3.8) is 0 Å². The minimum atomic E-state index is -0.623. The van der Waals surface area contributed by atoms with Crippen LogP contribution in [0.4, 0.5) is 0 Å². The molecular weight excluding hydrogens is 372 g/mol. The quantitative estimate of drug-likeness (QED) is 0.540. The van der Waals surface area contributed by atoms with Crippen LogP contribution in [0, 0.1) is 23.2 Å². The second-order valence-corrected chi connectivity index (χ2v) is 10.1. The van der Waals surface area contributed by atoms with Crippen LogP contribution >= 0.6 is 0 Å². The summed E-state index contributed by atoms with van der Waals surface area (Å²) < 4.78 is 0. The molecule has 3 heteroatoms. The molecule has 3 nitrogen and oxygen atoms in total.